The van der Waals surface area contributed by atoms with Crippen LogP contribution in [0.4, 0.5) is 0 Å². The third kappa shape index (κ3) is 2.87. The lowest BCUT2D eigenvalue weighted by Gasteiger charge is -2.25. The second-order valence-corrected chi connectivity index (χ2v) is 8.50. The molecule has 1 fully saturated rings. The molecule has 5 heteroatoms. The van der Waals surface area contributed by atoms with Crippen molar-refractivity contribution in [3.05, 3.63) is 30.3 Å². The number of hydrogen-bond acceptors (Lipinski definition) is 3. The lowest BCUT2D eigenvalue weighted by Crippen LogP contribution is -2.39. The SMILES string of the molecule is CC(C)(C)C(=O)N1CCC(S(=O)(=O)c2ccccc2)C1. The Bertz CT molecular complexity index is 587. The van der Waals surface area contributed by atoms with Gasteiger partial charge in [-0.15, -0.1) is 0 Å². The summed E-state index contributed by atoms with van der Waals surface area (Å²) in [5, 5.41) is -0.490. The van der Waals surface area contributed by atoms with E-state index in [1.807, 2.05) is 20.8 Å². The summed E-state index contributed by atoms with van der Waals surface area (Å²) in [4.78, 5) is 14.2. The Morgan fingerprint density at radius 3 is 2.35 bits per heavy atom. The van der Waals surface area contributed by atoms with Crippen molar-refractivity contribution < 1.29 is 13.2 Å². The average Bonchev–Trinajstić information content (AvgIpc) is 2.88. The fraction of sp³-hybridized carbons (Fsp3) is 0.533. The van der Waals surface area contributed by atoms with Gasteiger partial charge < -0.3 is 4.90 Å². The van der Waals surface area contributed by atoms with Crippen molar-refractivity contribution in [2.45, 2.75) is 37.3 Å². The van der Waals surface area contributed by atoms with E-state index in [0.29, 0.717) is 24.4 Å². The van der Waals surface area contributed by atoms with Crippen molar-refractivity contribution >= 4 is 15.7 Å². The first-order valence-electron chi connectivity index (χ1n) is 6.81. The van der Waals surface area contributed by atoms with Gasteiger partial charge in [-0.2, -0.15) is 0 Å². The third-order valence-corrected chi connectivity index (χ3v) is 5.78. The van der Waals surface area contributed by atoms with Gasteiger partial charge in [-0.1, -0.05) is 39.0 Å². The fourth-order valence-corrected chi connectivity index (χ4v) is 4.16. The number of benzene rings is 1. The number of hydrogen-bond donors (Lipinski definition) is 0. The van der Waals surface area contributed by atoms with Crippen molar-refractivity contribution in [1.29, 1.82) is 0 Å². The van der Waals surface area contributed by atoms with Crippen LogP contribution in [0.5, 0.6) is 0 Å². The minimum Gasteiger partial charge on any atom is -0.341 e. The first-order valence-corrected chi connectivity index (χ1v) is 8.36. The number of sulfone groups is 1. The summed E-state index contributed by atoms with van der Waals surface area (Å²) in [6.07, 6.45) is 0.513. The number of likely N-dealkylation sites (tertiary alicyclic amines) is 1. The maximum Gasteiger partial charge on any atom is 0.227 e. The molecule has 1 aromatic carbocycles. The van der Waals surface area contributed by atoms with Crippen LogP contribution in [0.25, 0.3) is 0 Å². The van der Waals surface area contributed by atoms with Gasteiger partial charge in [0.2, 0.25) is 5.91 Å². The van der Waals surface area contributed by atoms with Crippen LogP contribution in [0.3, 0.4) is 0 Å². The summed E-state index contributed by atoms with van der Waals surface area (Å²) in [5.41, 5.74) is -0.467. The first kappa shape index (κ1) is 15.0. The van der Waals surface area contributed by atoms with E-state index in [9.17, 15) is 13.2 Å². The van der Waals surface area contributed by atoms with E-state index in [-0.39, 0.29) is 5.91 Å². The molecule has 0 N–H and O–H groups in total. The molecule has 1 saturated heterocycles. The molecule has 1 aromatic rings. The number of carbonyl (C=O) groups excluding carboxylic acids is 1. The highest BCUT2D eigenvalue weighted by Gasteiger charge is 2.38. The van der Waals surface area contributed by atoms with E-state index < -0.39 is 20.5 Å². The van der Waals surface area contributed by atoms with E-state index in [1.54, 1.807) is 35.2 Å². The predicted molar refractivity (Wildman–Crippen MR) is 78.1 cm³/mol. The third-order valence-electron chi connectivity index (χ3n) is 3.58. The number of nitrogens with zero attached hydrogens (tertiary/aromatic N) is 1. The van der Waals surface area contributed by atoms with E-state index in [0.717, 1.165) is 0 Å². The molecule has 0 radical (unpaired) electrons. The van der Waals surface area contributed by atoms with Gasteiger partial charge in [-0.05, 0) is 18.6 Å². The molecule has 1 heterocycles. The van der Waals surface area contributed by atoms with Gasteiger partial charge in [-0.3, -0.25) is 4.79 Å². The van der Waals surface area contributed by atoms with Crippen molar-refractivity contribution in [2.24, 2.45) is 5.41 Å². The van der Waals surface area contributed by atoms with Crippen LogP contribution in [0, 0.1) is 5.41 Å². The van der Waals surface area contributed by atoms with Crippen LogP contribution in [0.2, 0.25) is 0 Å². The monoisotopic (exact) mass is 295 g/mol. The molecule has 4 nitrogen and oxygen atoms in total. The van der Waals surface area contributed by atoms with E-state index in [1.165, 1.54) is 0 Å². The molecule has 0 aromatic heterocycles. The van der Waals surface area contributed by atoms with Gasteiger partial charge in [0.15, 0.2) is 9.84 Å². The Kier molecular flexibility index (Phi) is 3.91. The van der Waals surface area contributed by atoms with Crippen LogP contribution in [-0.2, 0) is 14.6 Å². The van der Waals surface area contributed by atoms with Gasteiger partial charge in [-0.25, -0.2) is 8.42 Å². The zero-order chi connectivity index (χ0) is 15.0. The minimum absolute atomic E-state index is 0.0169. The minimum atomic E-state index is -3.34. The highest BCUT2D eigenvalue weighted by molar-refractivity contribution is 7.92. The van der Waals surface area contributed by atoms with Gasteiger partial charge in [0, 0.05) is 18.5 Å². The molecule has 0 aliphatic carbocycles. The van der Waals surface area contributed by atoms with Crippen molar-refractivity contribution in [1.82, 2.24) is 4.90 Å². The maximum atomic E-state index is 12.5. The Labute approximate surface area is 120 Å². The van der Waals surface area contributed by atoms with Crippen LogP contribution < -0.4 is 0 Å². The molecule has 1 amide bonds. The van der Waals surface area contributed by atoms with Crippen molar-refractivity contribution in [3.63, 3.8) is 0 Å². The van der Waals surface area contributed by atoms with Crippen molar-refractivity contribution in [3.8, 4) is 0 Å². The molecule has 0 spiro atoms. The van der Waals surface area contributed by atoms with Crippen molar-refractivity contribution in [2.75, 3.05) is 13.1 Å². The van der Waals surface area contributed by atoms with Gasteiger partial charge >= 0.3 is 0 Å². The molecular formula is C15H21NO3S. The normalized spacial score (nSPS) is 20.1. The topological polar surface area (TPSA) is 54.5 Å². The molecule has 1 aliphatic rings. The van der Waals surface area contributed by atoms with Crippen LogP contribution in [0.1, 0.15) is 27.2 Å². The lowest BCUT2D eigenvalue weighted by atomic mass is 9.95. The second-order valence-electron chi connectivity index (χ2n) is 6.27. The highest BCUT2D eigenvalue weighted by Crippen LogP contribution is 2.27. The Balaban J connectivity index is 2.16. The lowest BCUT2D eigenvalue weighted by molar-refractivity contribution is -0.138. The molecule has 1 unspecified atom stereocenters. The zero-order valence-corrected chi connectivity index (χ0v) is 13.0. The maximum absolute atomic E-state index is 12.5. The van der Waals surface area contributed by atoms with Crippen LogP contribution >= 0.6 is 0 Å². The molecule has 110 valence electrons. The summed E-state index contributed by atoms with van der Waals surface area (Å²) in [5.74, 6) is 0.0169. The standard InChI is InChI=1S/C15H21NO3S/c1-15(2,3)14(17)16-10-9-13(11-16)20(18,19)12-7-5-4-6-8-12/h4-8,13H,9-11H2,1-3H3. The van der Waals surface area contributed by atoms with Gasteiger partial charge in [0.1, 0.15) is 0 Å². The number of rotatable bonds is 2. The highest BCUT2D eigenvalue weighted by atomic mass is 32.2. The quantitative estimate of drug-likeness (QED) is 0.839. The summed E-state index contributed by atoms with van der Waals surface area (Å²) in [7, 11) is -3.34. The van der Waals surface area contributed by atoms with E-state index in [2.05, 4.69) is 0 Å². The Morgan fingerprint density at radius 2 is 1.80 bits per heavy atom. The summed E-state index contributed by atoms with van der Waals surface area (Å²) in [6, 6.07) is 8.47. The molecule has 1 aliphatic heterocycles. The smallest absolute Gasteiger partial charge is 0.227 e. The fourth-order valence-electron chi connectivity index (χ4n) is 2.44. The molecule has 1 atom stereocenters. The summed E-state index contributed by atoms with van der Waals surface area (Å²) < 4.78 is 25.0. The molecule has 0 bridgehead atoms. The molecule has 20 heavy (non-hydrogen) atoms. The van der Waals surface area contributed by atoms with E-state index in [4.69, 9.17) is 0 Å². The first-order chi connectivity index (χ1) is 9.23. The molecular weight excluding hydrogens is 274 g/mol. The van der Waals surface area contributed by atoms with Gasteiger partial charge in [0.25, 0.3) is 0 Å². The summed E-state index contributed by atoms with van der Waals surface area (Å²) >= 11 is 0. The molecule has 2 rings (SSSR count). The number of carbonyl (C=O) groups is 1. The predicted octanol–water partition coefficient (Wildman–Crippen LogP) is 2.11. The second kappa shape index (κ2) is 5.20. The Morgan fingerprint density at radius 1 is 1.20 bits per heavy atom. The molecule has 0 saturated carbocycles. The van der Waals surface area contributed by atoms with Crippen LogP contribution in [-0.4, -0.2) is 37.6 Å². The Hall–Kier alpha value is -1.36. The zero-order valence-electron chi connectivity index (χ0n) is 12.2. The van der Waals surface area contributed by atoms with Gasteiger partial charge in [0.05, 0.1) is 10.1 Å². The summed E-state index contributed by atoms with van der Waals surface area (Å²) in [6.45, 7) is 6.39. The average molecular weight is 295 g/mol. The van der Waals surface area contributed by atoms with E-state index >= 15 is 0 Å². The largest absolute Gasteiger partial charge is 0.341 e. The van der Waals surface area contributed by atoms with Crippen LogP contribution in [0.15, 0.2) is 35.2 Å². The number of amides is 1.